The van der Waals surface area contributed by atoms with Crippen LogP contribution in [0.2, 0.25) is 0 Å². The first-order valence-corrected chi connectivity index (χ1v) is 41.9. The van der Waals surface area contributed by atoms with Crippen molar-refractivity contribution in [1.82, 2.24) is 30.2 Å². The van der Waals surface area contributed by atoms with Crippen LogP contribution in [0.1, 0.15) is 283 Å². The molecule has 1 heterocycles. The van der Waals surface area contributed by atoms with E-state index in [4.69, 9.17) is 40.2 Å². The number of hydrogen-bond donors (Lipinski definition) is 4. The summed E-state index contributed by atoms with van der Waals surface area (Å²) in [6, 6.07) is 4.16. The summed E-state index contributed by atoms with van der Waals surface area (Å²) in [6.07, 6.45) is 29.3. The Kier molecular flexibility index (Phi) is 61.3. The SMILES string of the molecule is CCCCCCCCCCCCCCCC(=O)OCC(COP(=O)(O)OCCCC(=S)Cc1ccc(CO)c(C(C(=O)CCC(C)=O)N2CCN(CC(=O)CCC(=O)OCC)CCN(CC(=O)NCC(=O)OCC)CCN(CC(=O)NCC(C)=O)CC2)c1)OC(=O)CCCCCCCCCCCCCCC.[Eu+3]. The van der Waals surface area contributed by atoms with Crippen LogP contribution >= 0.6 is 20.0 Å². The van der Waals surface area contributed by atoms with Gasteiger partial charge in [0.05, 0.1) is 71.7 Å². The smallest absolute Gasteiger partial charge is 0.466 e. The molecule has 0 aliphatic carbocycles. The number of ketones is 4. The molecule has 0 bridgehead atoms. The van der Waals surface area contributed by atoms with Crippen molar-refractivity contribution < 1.29 is 140 Å². The number of carbonyl (C=O) groups excluding carboxylic acids is 10. The summed E-state index contributed by atoms with van der Waals surface area (Å²) >= 11 is 5.88. The van der Waals surface area contributed by atoms with Crippen molar-refractivity contribution in [2.24, 2.45) is 0 Å². The molecule has 1 aromatic rings. The predicted octanol–water partition coefficient (Wildman–Crippen LogP) is 11.9. The second-order valence-electron chi connectivity index (χ2n) is 28.2. The maximum Gasteiger partial charge on any atom is 3.00 e. The van der Waals surface area contributed by atoms with Crippen LogP contribution in [0.3, 0.4) is 0 Å². The van der Waals surface area contributed by atoms with E-state index in [1.54, 1.807) is 32.0 Å². The number of aliphatic hydroxyl groups excluding tert-OH is 1. The Bertz CT molecular complexity index is 2770. The van der Waals surface area contributed by atoms with Crippen LogP contribution in [0, 0.1) is 49.4 Å². The van der Waals surface area contributed by atoms with E-state index in [0.29, 0.717) is 34.4 Å². The van der Waals surface area contributed by atoms with Gasteiger partial charge in [-0.05, 0) is 74.9 Å². The Labute approximate surface area is 686 Å². The zero-order chi connectivity index (χ0) is 78.0. The van der Waals surface area contributed by atoms with Crippen molar-refractivity contribution in [3.8, 4) is 0 Å². The minimum Gasteiger partial charge on any atom is -0.466 e. The number of amides is 2. The number of phosphoric acid groups is 1. The molecule has 28 heteroatoms. The summed E-state index contributed by atoms with van der Waals surface area (Å²) in [5.74, 6) is -4.14. The third kappa shape index (κ3) is 53.8. The molecule has 1 saturated heterocycles. The fraction of sp³-hybridized carbons (Fsp3) is 0.785. The van der Waals surface area contributed by atoms with E-state index in [-0.39, 0.29) is 242 Å². The quantitative estimate of drug-likeness (QED) is 0.0155. The minimum absolute atomic E-state index is 0. The summed E-state index contributed by atoms with van der Waals surface area (Å²) in [4.78, 5) is 149. The number of carbonyl (C=O) groups is 10. The summed E-state index contributed by atoms with van der Waals surface area (Å²) in [6.45, 7) is 9.52. The average molecular weight is 1690 g/mol. The minimum atomic E-state index is -4.75. The molecule has 4 N–H and O–H groups in total. The number of thiocarbonyl (C=S) groups is 1. The molecule has 0 spiro atoms. The van der Waals surface area contributed by atoms with Crippen molar-refractivity contribution >= 4 is 83.7 Å². The molecular formula is C79H135EuN6O19PS+3. The van der Waals surface area contributed by atoms with Gasteiger partial charge in [0.1, 0.15) is 30.5 Å². The van der Waals surface area contributed by atoms with E-state index >= 15 is 0 Å². The van der Waals surface area contributed by atoms with Crippen molar-refractivity contribution in [2.75, 3.05) is 118 Å². The molecule has 610 valence electrons. The number of esters is 4. The molecule has 1 aromatic carbocycles. The zero-order valence-corrected chi connectivity index (χ0v) is 70.1. The van der Waals surface area contributed by atoms with Crippen LogP contribution in [0.25, 0.3) is 0 Å². The Morgan fingerprint density at radius 1 is 0.495 bits per heavy atom. The Morgan fingerprint density at radius 3 is 1.44 bits per heavy atom. The number of hydrogen-bond acceptors (Lipinski definition) is 23. The van der Waals surface area contributed by atoms with Crippen molar-refractivity contribution in [1.29, 1.82) is 0 Å². The van der Waals surface area contributed by atoms with E-state index in [1.807, 2.05) is 19.6 Å². The molecule has 107 heavy (non-hydrogen) atoms. The third-order valence-corrected chi connectivity index (χ3v) is 20.0. The van der Waals surface area contributed by atoms with Crippen molar-refractivity contribution in [3.05, 3.63) is 34.9 Å². The molecule has 3 unspecified atom stereocenters. The maximum absolute atomic E-state index is 14.9. The van der Waals surface area contributed by atoms with E-state index in [9.17, 15) is 62.5 Å². The van der Waals surface area contributed by atoms with Crippen LogP contribution in [0.5, 0.6) is 0 Å². The summed E-state index contributed by atoms with van der Waals surface area (Å²) in [5.41, 5.74) is 1.50. The first-order valence-electron chi connectivity index (χ1n) is 40.0. The second kappa shape index (κ2) is 64.8. The van der Waals surface area contributed by atoms with Gasteiger partial charge in [-0.3, -0.25) is 71.8 Å². The molecule has 25 nitrogen and oxygen atoms in total. The fourth-order valence-corrected chi connectivity index (χ4v) is 13.6. The first-order chi connectivity index (χ1) is 51.0. The number of benzene rings is 1. The van der Waals surface area contributed by atoms with Gasteiger partial charge in [0, 0.05) is 90.9 Å². The van der Waals surface area contributed by atoms with Gasteiger partial charge in [-0.1, -0.05) is 198 Å². The van der Waals surface area contributed by atoms with E-state index < -0.39 is 68.9 Å². The molecule has 1 aliphatic heterocycles. The number of ether oxygens (including phenoxy) is 4. The van der Waals surface area contributed by atoms with Crippen LogP contribution in [0.4, 0.5) is 0 Å². The van der Waals surface area contributed by atoms with E-state index in [1.165, 1.54) is 123 Å². The van der Waals surface area contributed by atoms with E-state index in [0.717, 1.165) is 44.9 Å². The van der Waals surface area contributed by atoms with Gasteiger partial charge in [0.2, 0.25) is 11.8 Å². The Hall–Kier alpha value is -3.70. The van der Waals surface area contributed by atoms with Crippen LogP contribution < -0.4 is 10.6 Å². The molecule has 1 aliphatic rings. The average Bonchev–Trinajstić information content (AvgIpc) is 0.802. The monoisotopic (exact) mass is 1690 g/mol. The number of aliphatic hydroxyl groups is 1. The molecule has 2 amide bonds. The van der Waals surface area contributed by atoms with Crippen LogP contribution in [-0.4, -0.2) is 218 Å². The number of nitrogens with one attached hydrogen (secondary N) is 2. The fourth-order valence-electron chi connectivity index (χ4n) is 12.5. The molecule has 3 atom stereocenters. The van der Waals surface area contributed by atoms with Crippen LogP contribution in [-0.2, 0) is 93.5 Å². The number of nitrogens with zero attached hydrogens (tertiary/aromatic N) is 4. The summed E-state index contributed by atoms with van der Waals surface area (Å²) in [7, 11) is -4.75. The van der Waals surface area contributed by atoms with Gasteiger partial charge in [-0.15, -0.1) is 0 Å². The van der Waals surface area contributed by atoms with Gasteiger partial charge >= 0.3 is 81.1 Å². The molecule has 0 saturated carbocycles. The number of rotatable bonds is 63. The van der Waals surface area contributed by atoms with Crippen molar-refractivity contribution in [2.45, 2.75) is 285 Å². The normalized spacial score (nSPS) is 14.6. The third-order valence-electron chi connectivity index (χ3n) is 18.6. The molecule has 2 rings (SSSR count). The summed E-state index contributed by atoms with van der Waals surface area (Å²) in [5, 5.41) is 16.2. The number of phosphoric ester groups is 1. The maximum atomic E-state index is 14.9. The standard InChI is InChI=1S/C79H135N6O19PS.Eu/c1-7-11-13-15-17-19-21-23-25-27-29-31-33-37-75(93)101-62-69(104-77(95)38-34-32-30-28-26-24-22-20-18-16-14-12-8-2)63-103-105(97,98)102-53-35-36-70(106)54-66-40-41-67(61-86)71(55-66)79(72(90)43-39-64(5)87)85-51-49-82(58-68(89)42-44-76(94)99-9-3)45-46-83(60-74(92)81-57-78(96)100-10-4)47-48-84(50-52-85)59-73(91)80-56-65(6)88;/h40-41,55,69,79,86H,7-39,42-54,56-63H2,1-6H3,(H,80,91)(H,81,92)(H,97,98);/q;+3. The Balaban J connectivity index is 0.0000572. The van der Waals surface area contributed by atoms with Gasteiger partial charge in [-0.25, -0.2) is 4.57 Å². The predicted molar refractivity (Wildman–Crippen MR) is 414 cm³/mol. The largest absolute Gasteiger partial charge is 3.00 e. The van der Waals surface area contributed by atoms with Gasteiger partial charge in [0.15, 0.2) is 11.9 Å². The van der Waals surface area contributed by atoms with Gasteiger partial charge < -0.3 is 44.4 Å². The summed E-state index contributed by atoms with van der Waals surface area (Å²) < 4.78 is 45.5. The molecule has 1 fully saturated rings. The molecular weight excluding hydrogens is 1550 g/mol. The topological polar surface area (TPSA) is 321 Å². The Morgan fingerprint density at radius 2 is 0.953 bits per heavy atom. The van der Waals surface area contributed by atoms with Gasteiger partial charge in [-0.2, -0.15) is 0 Å². The number of Topliss-reactive ketones (excluding diaryl/α,β-unsaturated/α-hetero) is 4. The van der Waals surface area contributed by atoms with Gasteiger partial charge in [0.25, 0.3) is 0 Å². The zero-order valence-electron chi connectivity index (χ0n) is 65.9. The van der Waals surface area contributed by atoms with E-state index in [2.05, 4.69) is 24.5 Å². The first kappa shape index (κ1) is 101. The molecule has 0 radical (unpaired) electrons. The molecule has 0 aromatic heterocycles. The second-order valence-corrected chi connectivity index (χ2v) is 30.3. The van der Waals surface area contributed by atoms with Crippen molar-refractivity contribution in [3.63, 3.8) is 0 Å². The van der Waals surface area contributed by atoms with Crippen LogP contribution in [0.15, 0.2) is 18.2 Å². The number of unbranched alkanes of at least 4 members (excludes halogenated alkanes) is 24.